The molecule has 0 saturated carbocycles. The van der Waals surface area contributed by atoms with Crippen LogP contribution in [-0.4, -0.2) is 37.3 Å². The Labute approximate surface area is 133 Å². The number of rotatable bonds is 1. The summed E-state index contributed by atoms with van der Waals surface area (Å²) < 4.78 is 37.5. The highest BCUT2D eigenvalue weighted by atomic mass is 35.5. The molecule has 0 N–H and O–H groups in total. The summed E-state index contributed by atoms with van der Waals surface area (Å²) in [5.74, 6) is -0.627. The van der Waals surface area contributed by atoms with Crippen molar-refractivity contribution >= 4 is 11.6 Å². The zero-order valence-corrected chi connectivity index (χ0v) is 13.2. The minimum Gasteiger partial charge on any atom is -0.370 e. The van der Waals surface area contributed by atoms with Crippen LogP contribution in [-0.2, 0) is 18.9 Å². The van der Waals surface area contributed by atoms with E-state index in [1.54, 1.807) is 12.1 Å². The summed E-state index contributed by atoms with van der Waals surface area (Å²) in [6, 6.07) is 5.22. The Kier molecular flexibility index (Phi) is 3.47. The summed E-state index contributed by atoms with van der Waals surface area (Å²) >= 11 is 5.99. The van der Waals surface area contributed by atoms with Crippen LogP contribution in [0.1, 0.15) is 37.3 Å². The van der Waals surface area contributed by atoms with Gasteiger partial charge in [-0.25, -0.2) is 4.39 Å². The monoisotopic (exact) mass is 328 g/mol. The van der Waals surface area contributed by atoms with Crippen molar-refractivity contribution in [2.45, 2.75) is 50.2 Å². The van der Waals surface area contributed by atoms with Gasteiger partial charge in [-0.05, 0) is 37.1 Å². The van der Waals surface area contributed by atoms with Crippen LogP contribution < -0.4 is 0 Å². The van der Waals surface area contributed by atoms with E-state index in [0.29, 0.717) is 17.2 Å². The predicted octanol–water partition coefficient (Wildman–Crippen LogP) is 3.34. The van der Waals surface area contributed by atoms with Crippen LogP contribution in [0.2, 0.25) is 5.02 Å². The molecule has 1 aromatic rings. The van der Waals surface area contributed by atoms with Crippen molar-refractivity contribution in [3.05, 3.63) is 34.3 Å². The van der Waals surface area contributed by atoms with Crippen LogP contribution in [0.25, 0.3) is 0 Å². The third-order valence-electron chi connectivity index (χ3n) is 4.41. The second kappa shape index (κ2) is 5.14. The quantitative estimate of drug-likeness (QED) is 0.792. The molecule has 3 aliphatic heterocycles. The Morgan fingerprint density at radius 3 is 2.73 bits per heavy atom. The Balaban J connectivity index is 1.66. The molecule has 0 radical (unpaired) electrons. The largest absolute Gasteiger partial charge is 0.370 e. The van der Waals surface area contributed by atoms with Crippen LogP contribution in [0.15, 0.2) is 18.2 Å². The first-order valence-electron chi connectivity index (χ1n) is 7.47. The van der Waals surface area contributed by atoms with Crippen molar-refractivity contribution < 1.29 is 23.3 Å². The highest BCUT2D eigenvalue weighted by molar-refractivity contribution is 6.30. The van der Waals surface area contributed by atoms with Crippen molar-refractivity contribution in [1.82, 2.24) is 0 Å². The van der Waals surface area contributed by atoms with Crippen molar-refractivity contribution in [3.63, 3.8) is 0 Å². The summed E-state index contributed by atoms with van der Waals surface area (Å²) in [4.78, 5) is 0. The van der Waals surface area contributed by atoms with Gasteiger partial charge in [0.05, 0.1) is 13.2 Å². The maximum atomic E-state index is 14.1. The molecule has 4 nitrogen and oxygen atoms in total. The van der Waals surface area contributed by atoms with E-state index in [-0.39, 0.29) is 31.0 Å². The van der Waals surface area contributed by atoms with E-state index in [0.717, 1.165) is 5.56 Å². The standard InChI is InChI=1S/C16H18ClFO4/c1-16(2)21-12-7-20-15(14(12)22-16)13-9-4-3-8(17)5-10(9)11(18)6-19-13/h3-5,11-15H,6-7H2,1-2H3. The Morgan fingerprint density at radius 1 is 1.09 bits per heavy atom. The summed E-state index contributed by atoms with van der Waals surface area (Å²) in [6.45, 7) is 4.23. The van der Waals surface area contributed by atoms with Crippen LogP contribution in [0.3, 0.4) is 0 Å². The molecule has 22 heavy (non-hydrogen) atoms. The molecule has 4 rings (SSSR count). The summed E-state index contributed by atoms with van der Waals surface area (Å²) in [6.07, 6.45) is -2.16. The SMILES string of the molecule is CC1(C)OC2COC(C3OCC(F)c4cc(Cl)ccc43)C2O1. The molecule has 120 valence electrons. The van der Waals surface area contributed by atoms with Gasteiger partial charge in [-0.1, -0.05) is 17.7 Å². The highest BCUT2D eigenvalue weighted by Gasteiger charge is 2.53. The molecule has 0 bridgehead atoms. The molecule has 5 unspecified atom stereocenters. The molecule has 5 atom stereocenters. The number of fused-ring (bicyclic) bond motifs is 2. The first kappa shape index (κ1) is 14.8. The number of benzene rings is 1. The summed E-state index contributed by atoms with van der Waals surface area (Å²) in [7, 11) is 0. The van der Waals surface area contributed by atoms with Crippen molar-refractivity contribution in [3.8, 4) is 0 Å². The van der Waals surface area contributed by atoms with Gasteiger partial charge in [-0.15, -0.1) is 0 Å². The topological polar surface area (TPSA) is 36.9 Å². The molecule has 1 aromatic carbocycles. The Hall–Kier alpha value is -0.720. The molecule has 0 aliphatic carbocycles. The fourth-order valence-corrected chi connectivity index (χ4v) is 3.73. The number of ether oxygens (including phenoxy) is 4. The third kappa shape index (κ3) is 2.36. The molecule has 0 spiro atoms. The van der Waals surface area contributed by atoms with E-state index in [1.165, 1.54) is 0 Å². The molecule has 3 aliphatic rings. The molecule has 3 heterocycles. The van der Waals surface area contributed by atoms with E-state index in [2.05, 4.69) is 0 Å². The predicted molar refractivity (Wildman–Crippen MR) is 77.6 cm³/mol. The lowest BCUT2D eigenvalue weighted by Crippen LogP contribution is -2.37. The molecular weight excluding hydrogens is 311 g/mol. The van der Waals surface area contributed by atoms with Crippen molar-refractivity contribution in [2.75, 3.05) is 13.2 Å². The average molecular weight is 329 g/mol. The van der Waals surface area contributed by atoms with E-state index < -0.39 is 12.0 Å². The zero-order valence-electron chi connectivity index (χ0n) is 12.4. The van der Waals surface area contributed by atoms with Gasteiger partial charge in [0.1, 0.15) is 30.6 Å². The first-order valence-corrected chi connectivity index (χ1v) is 7.85. The van der Waals surface area contributed by atoms with Crippen LogP contribution >= 0.6 is 11.6 Å². The first-order chi connectivity index (χ1) is 10.4. The number of hydrogen-bond donors (Lipinski definition) is 0. The molecule has 6 heteroatoms. The van der Waals surface area contributed by atoms with Crippen LogP contribution in [0.4, 0.5) is 4.39 Å². The fourth-order valence-electron chi connectivity index (χ4n) is 3.55. The summed E-state index contributed by atoms with van der Waals surface area (Å²) in [5.41, 5.74) is 1.36. The van der Waals surface area contributed by atoms with Crippen molar-refractivity contribution in [1.29, 1.82) is 0 Å². The number of halogens is 2. The van der Waals surface area contributed by atoms with E-state index >= 15 is 0 Å². The lowest BCUT2D eigenvalue weighted by Gasteiger charge is -2.34. The molecule has 2 saturated heterocycles. The second-order valence-corrected chi connectivity index (χ2v) is 6.87. The Bertz CT molecular complexity index is 594. The lowest BCUT2D eigenvalue weighted by atomic mass is 9.91. The van der Waals surface area contributed by atoms with E-state index in [1.807, 2.05) is 19.9 Å². The van der Waals surface area contributed by atoms with Gasteiger partial charge in [-0.3, -0.25) is 0 Å². The van der Waals surface area contributed by atoms with Crippen LogP contribution in [0, 0.1) is 0 Å². The maximum Gasteiger partial charge on any atom is 0.164 e. The lowest BCUT2D eigenvalue weighted by molar-refractivity contribution is -0.191. The second-order valence-electron chi connectivity index (χ2n) is 6.43. The normalized spacial score (nSPS) is 39.5. The van der Waals surface area contributed by atoms with Gasteiger partial charge in [0.25, 0.3) is 0 Å². The minimum atomic E-state index is -1.17. The average Bonchev–Trinajstić information content (AvgIpc) is 2.95. The van der Waals surface area contributed by atoms with Gasteiger partial charge in [-0.2, -0.15) is 0 Å². The van der Waals surface area contributed by atoms with E-state index in [9.17, 15) is 4.39 Å². The Morgan fingerprint density at radius 2 is 1.91 bits per heavy atom. The molecular formula is C16H18ClFO4. The molecule has 0 aromatic heterocycles. The highest BCUT2D eigenvalue weighted by Crippen LogP contribution is 2.45. The van der Waals surface area contributed by atoms with Gasteiger partial charge in [0.2, 0.25) is 0 Å². The summed E-state index contributed by atoms with van der Waals surface area (Å²) in [5, 5.41) is 0.522. The van der Waals surface area contributed by atoms with Gasteiger partial charge < -0.3 is 18.9 Å². The van der Waals surface area contributed by atoms with Gasteiger partial charge >= 0.3 is 0 Å². The smallest absolute Gasteiger partial charge is 0.164 e. The van der Waals surface area contributed by atoms with Crippen LogP contribution in [0.5, 0.6) is 0 Å². The molecule has 2 fully saturated rings. The van der Waals surface area contributed by atoms with Crippen molar-refractivity contribution in [2.24, 2.45) is 0 Å². The zero-order chi connectivity index (χ0) is 15.5. The van der Waals surface area contributed by atoms with Gasteiger partial charge in [0, 0.05) is 5.02 Å². The third-order valence-corrected chi connectivity index (χ3v) is 4.65. The number of alkyl halides is 1. The maximum absolute atomic E-state index is 14.1. The number of hydrogen-bond acceptors (Lipinski definition) is 4. The fraction of sp³-hybridized carbons (Fsp3) is 0.625. The van der Waals surface area contributed by atoms with E-state index in [4.69, 9.17) is 30.5 Å². The van der Waals surface area contributed by atoms with Gasteiger partial charge in [0.15, 0.2) is 5.79 Å². The minimum absolute atomic E-state index is 0.000491. The molecule has 0 amide bonds.